The molecule has 0 bridgehead atoms. The van der Waals surface area contributed by atoms with Crippen LogP contribution in [0.1, 0.15) is 38.3 Å². The first-order valence-electron chi connectivity index (χ1n) is 6.93. The highest BCUT2D eigenvalue weighted by molar-refractivity contribution is 6.30. The molecule has 0 aromatic heterocycles. The predicted octanol–water partition coefficient (Wildman–Crippen LogP) is 3.60. The van der Waals surface area contributed by atoms with Crippen molar-refractivity contribution in [3.05, 3.63) is 34.6 Å². The minimum atomic E-state index is -0.372. The summed E-state index contributed by atoms with van der Waals surface area (Å²) in [6, 6.07) is 5.70. The molecule has 1 atom stereocenters. The van der Waals surface area contributed by atoms with Gasteiger partial charge in [-0.05, 0) is 36.5 Å². The molecule has 0 radical (unpaired) electrons. The normalized spacial score (nSPS) is 17.2. The number of rotatable bonds is 6. The van der Waals surface area contributed by atoms with Gasteiger partial charge < -0.3 is 5.73 Å². The minimum Gasteiger partial charge on any atom is -0.329 e. The third-order valence-electron chi connectivity index (χ3n) is 3.54. The molecule has 0 heterocycles. The highest BCUT2D eigenvalue weighted by atomic mass is 35.5. The topological polar surface area (TPSA) is 29.3 Å². The Morgan fingerprint density at radius 2 is 2.11 bits per heavy atom. The molecule has 1 unspecified atom stereocenters. The first-order valence-corrected chi connectivity index (χ1v) is 7.31. The van der Waals surface area contributed by atoms with E-state index in [4.69, 9.17) is 17.3 Å². The van der Waals surface area contributed by atoms with Crippen LogP contribution in [-0.2, 0) is 0 Å². The van der Waals surface area contributed by atoms with Crippen molar-refractivity contribution in [2.75, 3.05) is 13.1 Å². The number of nitrogens with zero attached hydrogens (tertiary/aromatic N) is 1. The van der Waals surface area contributed by atoms with Crippen LogP contribution in [0, 0.1) is 11.7 Å². The summed E-state index contributed by atoms with van der Waals surface area (Å²) in [5, 5.41) is 0.177. The number of benzene rings is 1. The van der Waals surface area contributed by atoms with Crippen molar-refractivity contribution in [3.63, 3.8) is 0 Å². The number of nitrogens with two attached hydrogens (primary N) is 1. The number of hydrogen-bond acceptors (Lipinski definition) is 2. The summed E-state index contributed by atoms with van der Waals surface area (Å²) >= 11 is 5.89. The Hall–Kier alpha value is -0.640. The van der Waals surface area contributed by atoms with Gasteiger partial charge in [0.2, 0.25) is 0 Å². The van der Waals surface area contributed by atoms with Crippen molar-refractivity contribution >= 4 is 11.6 Å². The number of hydrogen-bond donors (Lipinski definition) is 1. The SMILES string of the molecule is CC(C)CN(C1CC1)C(CN)c1ccc(F)c(Cl)c1. The Morgan fingerprint density at radius 1 is 1.42 bits per heavy atom. The van der Waals surface area contributed by atoms with E-state index in [1.54, 1.807) is 12.1 Å². The molecule has 106 valence electrons. The van der Waals surface area contributed by atoms with E-state index in [1.807, 2.05) is 0 Å². The second-order valence-corrected chi connectivity index (χ2v) is 6.15. The van der Waals surface area contributed by atoms with Crippen molar-refractivity contribution in [2.24, 2.45) is 11.7 Å². The van der Waals surface area contributed by atoms with Crippen molar-refractivity contribution < 1.29 is 4.39 Å². The van der Waals surface area contributed by atoms with Gasteiger partial charge in [0.25, 0.3) is 0 Å². The van der Waals surface area contributed by atoms with Gasteiger partial charge in [0.15, 0.2) is 0 Å². The maximum atomic E-state index is 13.3. The molecule has 1 fully saturated rings. The van der Waals surface area contributed by atoms with Gasteiger partial charge in [-0.25, -0.2) is 4.39 Å². The molecule has 1 saturated carbocycles. The zero-order valence-electron chi connectivity index (χ0n) is 11.6. The lowest BCUT2D eigenvalue weighted by atomic mass is 10.0. The maximum Gasteiger partial charge on any atom is 0.141 e. The van der Waals surface area contributed by atoms with E-state index >= 15 is 0 Å². The third kappa shape index (κ3) is 3.68. The van der Waals surface area contributed by atoms with Crippen LogP contribution >= 0.6 is 11.6 Å². The Kier molecular flexibility index (Phi) is 4.82. The zero-order valence-corrected chi connectivity index (χ0v) is 12.3. The van der Waals surface area contributed by atoms with Crippen LogP contribution in [0.4, 0.5) is 4.39 Å². The molecule has 0 aliphatic heterocycles. The summed E-state index contributed by atoms with van der Waals surface area (Å²) in [7, 11) is 0. The van der Waals surface area contributed by atoms with Gasteiger partial charge in [-0.3, -0.25) is 4.90 Å². The molecule has 1 aliphatic rings. The lowest BCUT2D eigenvalue weighted by molar-refractivity contribution is 0.169. The summed E-state index contributed by atoms with van der Waals surface area (Å²) in [6.45, 7) is 5.97. The van der Waals surface area contributed by atoms with E-state index in [-0.39, 0.29) is 16.9 Å². The molecule has 19 heavy (non-hydrogen) atoms. The maximum absolute atomic E-state index is 13.3. The molecule has 1 aliphatic carbocycles. The monoisotopic (exact) mass is 284 g/mol. The summed E-state index contributed by atoms with van der Waals surface area (Å²) in [5.41, 5.74) is 6.97. The standard InChI is InChI=1S/C15H22ClFN2/c1-10(2)9-19(12-4-5-12)15(8-18)11-3-6-14(17)13(16)7-11/h3,6-7,10,12,15H,4-5,8-9,18H2,1-2H3. The predicted molar refractivity (Wildman–Crippen MR) is 77.8 cm³/mol. The first-order chi connectivity index (χ1) is 9.02. The van der Waals surface area contributed by atoms with Crippen LogP contribution in [-0.4, -0.2) is 24.0 Å². The van der Waals surface area contributed by atoms with Gasteiger partial charge >= 0.3 is 0 Å². The molecule has 0 saturated heterocycles. The molecule has 2 nitrogen and oxygen atoms in total. The van der Waals surface area contributed by atoms with Crippen LogP contribution in [0.3, 0.4) is 0 Å². The highest BCUT2D eigenvalue weighted by Gasteiger charge is 2.34. The second kappa shape index (κ2) is 6.21. The van der Waals surface area contributed by atoms with Gasteiger partial charge in [-0.1, -0.05) is 31.5 Å². The van der Waals surface area contributed by atoms with E-state index in [1.165, 1.54) is 18.9 Å². The molecule has 2 rings (SSSR count). The average molecular weight is 285 g/mol. The highest BCUT2D eigenvalue weighted by Crippen LogP contribution is 2.35. The van der Waals surface area contributed by atoms with E-state index in [0.717, 1.165) is 12.1 Å². The van der Waals surface area contributed by atoms with Crippen LogP contribution in [0.2, 0.25) is 5.02 Å². The quantitative estimate of drug-likeness (QED) is 0.865. The van der Waals surface area contributed by atoms with Gasteiger partial charge in [0.1, 0.15) is 5.82 Å². The van der Waals surface area contributed by atoms with Crippen LogP contribution in [0.25, 0.3) is 0 Å². The molecule has 0 spiro atoms. The summed E-state index contributed by atoms with van der Waals surface area (Å²) < 4.78 is 13.3. The Bertz CT molecular complexity index is 432. The first kappa shape index (κ1) is 14.8. The summed E-state index contributed by atoms with van der Waals surface area (Å²) in [6.07, 6.45) is 2.47. The van der Waals surface area contributed by atoms with Crippen molar-refractivity contribution in [3.8, 4) is 0 Å². The van der Waals surface area contributed by atoms with Gasteiger partial charge in [-0.15, -0.1) is 0 Å². The van der Waals surface area contributed by atoms with Crippen LogP contribution < -0.4 is 5.73 Å². The van der Waals surface area contributed by atoms with E-state index in [9.17, 15) is 4.39 Å². The van der Waals surface area contributed by atoms with Crippen molar-refractivity contribution in [2.45, 2.75) is 38.8 Å². The minimum absolute atomic E-state index is 0.132. The Balaban J connectivity index is 2.22. The fourth-order valence-electron chi connectivity index (χ4n) is 2.54. The van der Waals surface area contributed by atoms with Crippen LogP contribution in [0.15, 0.2) is 18.2 Å². The van der Waals surface area contributed by atoms with Gasteiger partial charge in [-0.2, -0.15) is 0 Å². The molecular formula is C15H22ClFN2. The molecule has 4 heteroatoms. The zero-order chi connectivity index (χ0) is 14.0. The van der Waals surface area contributed by atoms with Gasteiger partial charge in [0, 0.05) is 25.2 Å². The second-order valence-electron chi connectivity index (χ2n) is 5.75. The molecule has 1 aromatic carbocycles. The lowest BCUT2D eigenvalue weighted by Gasteiger charge is -2.33. The van der Waals surface area contributed by atoms with Crippen molar-refractivity contribution in [1.82, 2.24) is 4.90 Å². The molecule has 2 N–H and O–H groups in total. The number of halogens is 2. The van der Waals surface area contributed by atoms with E-state index in [0.29, 0.717) is 18.5 Å². The van der Waals surface area contributed by atoms with E-state index in [2.05, 4.69) is 18.7 Å². The summed E-state index contributed by atoms with van der Waals surface area (Å²) in [5.74, 6) is 0.216. The Labute approximate surface area is 119 Å². The fraction of sp³-hybridized carbons (Fsp3) is 0.600. The largest absolute Gasteiger partial charge is 0.329 e. The van der Waals surface area contributed by atoms with Gasteiger partial charge in [0.05, 0.1) is 5.02 Å². The smallest absolute Gasteiger partial charge is 0.141 e. The molecule has 0 amide bonds. The lowest BCUT2D eigenvalue weighted by Crippen LogP contribution is -2.38. The average Bonchev–Trinajstić information content (AvgIpc) is 3.17. The molecular weight excluding hydrogens is 263 g/mol. The summed E-state index contributed by atoms with van der Waals surface area (Å²) in [4.78, 5) is 2.45. The molecule has 1 aromatic rings. The Morgan fingerprint density at radius 3 is 2.58 bits per heavy atom. The van der Waals surface area contributed by atoms with E-state index < -0.39 is 0 Å². The third-order valence-corrected chi connectivity index (χ3v) is 3.83. The fourth-order valence-corrected chi connectivity index (χ4v) is 2.73. The van der Waals surface area contributed by atoms with Crippen molar-refractivity contribution in [1.29, 1.82) is 0 Å². The van der Waals surface area contributed by atoms with Crippen LogP contribution in [0.5, 0.6) is 0 Å².